The van der Waals surface area contributed by atoms with Crippen molar-refractivity contribution in [3.63, 3.8) is 0 Å². The number of nitrogens with one attached hydrogen (secondary N) is 2. The Morgan fingerprint density at radius 1 is 1.30 bits per heavy atom. The number of aromatic amines is 1. The summed E-state index contributed by atoms with van der Waals surface area (Å²) in [6.45, 7) is -0.0308. The van der Waals surface area contributed by atoms with Crippen molar-refractivity contribution in [2.45, 2.75) is 6.10 Å². The summed E-state index contributed by atoms with van der Waals surface area (Å²) in [5.41, 5.74) is 1.57. The van der Waals surface area contributed by atoms with Gasteiger partial charge in [0.15, 0.2) is 0 Å². The predicted octanol–water partition coefficient (Wildman–Crippen LogP) is 3.42. The lowest BCUT2D eigenvalue weighted by Crippen LogP contribution is -2.28. The molecule has 1 amide bonds. The van der Waals surface area contributed by atoms with E-state index in [1.54, 1.807) is 18.3 Å². The van der Waals surface area contributed by atoms with E-state index in [0.717, 1.165) is 17.0 Å². The fourth-order valence-electron chi connectivity index (χ4n) is 2.40. The summed E-state index contributed by atoms with van der Waals surface area (Å²) >= 11 is 5.61. The smallest absolute Gasteiger partial charge is 0.253 e. The third-order valence-corrected chi connectivity index (χ3v) is 3.92. The monoisotopic (exact) mass is 332 g/mol. The van der Waals surface area contributed by atoms with E-state index in [9.17, 15) is 14.3 Å². The molecule has 4 nitrogen and oxygen atoms in total. The number of carbonyl (C=O) groups excluding carboxylic acids is 1. The van der Waals surface area contributed by atoms with Crippen molar-refractivity contribution >= 4 is 28.4 Å². The number of aromatic nitrogens is 1. The second-order valence-corrected chi connectivity index (χ2v) is 5.55. The molecule has 0 bridgehead atoms. The van der Waals surface area contributed by atoms with E-state index in [2.05, 4.69) is 10.3 Å². The van der Waals surface area contributed by atoms with Gasteiger partial charge < -0.3 is 15.4 Å². The van der Waals surface area contributed by atoms with Gasteiger partial charge in [-0.3, -0.25) is 4.79 Å². The van der Waals surface area contributed by atoms with Gasteiger partial charge in [0.05, 0.1) is 22.2 Å². The number of hydrogen-bond donors (Lipinski definition) is 3. The predicted molar refractivity (Wildman–Crippen MR) is 87.0 cm³/mol. The van der Waals surface area contributed by atoms with Crippen LogP contribution in [0.3, 0.4) is 0 Å². The molecule has 1 aromatic heterocycles. The lowest BCUT2D eigenvalue weighted by Gasteiger charge is -2.13. The maximum atomic E-state index is 13.4. The van der Waals surface area contributed by atoms with Crippen LogP contribution in [0.5, 0.6) is 0 Å². The van der Waals surface area contributed by atoms with Crippen molar-refractivity contribution in [1.82, 2.24) is 10.3 Å². The molecule has 1 heterocycles. The molecule has 23 heavy (non-hydrogen) atoms. The maximum absolute atomic E-state index is 13.4. The molecule has 0 aliphatic heterocycles. The minimum Gasteiger partial charge on any atom is -0.387 e. The zero-order valence-corrected chi connectivity index (χ0v) is 12.8. The second-order valence-electron chi connectivity index (χ2n) is 5.15. The third kappa shape index (κ3) is 3.21. The first kappa shape index (κ1) is 15.5. The lowest BCUT2D eigenvalue weighted by atomic mass is 10.1. The number of amides is 1. The Morgan fingerprint density at radius 3 is 2.91 bits per heavy atom. The molecule has 0 radical (unpaired) electrons. The number of H-pyrrole nitrogens is 1. The molecule has 0 saturated carbocycles. The van der Waals surface area contributed by atoms with E-state index in [1.807, 2.05) is 12.1 Å². The number of aliphatic hydroxyl groups is 1. The van der Waals surface area contributed by atoms with Gasteiger partial charge in [-0.15, -0.1) is 0 Å². The maximum Gasteiger partial charge on any atom is 0.253 e. The molecule has 0 aliphatic rings. The van der Waals surface area contributed by atoms with Crippen molar-refractivity contribution in [1.29, 1.82) is 0 Å². The first-order valence-electron chi connectivity index (χ1n) is 7.03. The van der Waals surface area contributed by atoms with Crippen LogP contribution in [-0.4, -0.2) is 22.5 Å². The molecule has 118 valence electrons. The molecule has 3 N–H and O–H groups in total. The molecule has 0 saturated heterocycles. The van der Waals surface area contributed by atoms with Crippen molar-refractivity contribution in [3.8, 4) is 0 Å². The van der Waals surface area contributed by atoms with Gasteiger partial charge in [0.1, 0.15) is 5.82 Å². The van der Waals surface area contributed by atoms with E-state index < -0.39 is 11.9 Å². The van der Waals surface area contributed by atoms with Crippen LogP contribution >= 0.6 is 11.6 Å². The van der Waals surface area contributed by atoms with Crippen molar-refractivity contribution < 1.29 is 14.3 Å². The van der Waals surface area contributed by atoms with E-state index >= 15 is 0 Å². The highest BCUT2D eigenvalue weighted by atomic mass is 35.5. The average molecular weight is 333 g/mol. The SMILES string of the molecule is O=C(NCC(O)c1ccc(Cl)c(F)c1)c1cccc2cc[nH]c12. The Hall–Kier alpha value is -2.37. The van der Waals surface area contributed by atoms with Crippen LogP contribution in [0, 0.1) is 5.82 Å². The number of aliphatic hydroxyl groups excluding tert-OH is 1. The van der Waals surface area contributed by atoms with Crippen LogP contribution < -0.4 is 5.32 Å². The van der Waals surface area contributed by atoms with Crippen LogP contribution in [0.2, 0.25) is 5.02 Å². The standard InChI is InChI=1S/C17H14ClFN2O2/c18-13-5-4-11(8-14(13)19)15(22)9-21-17(23)12-3-1-2-10-6-7-20-16(10)12/h1-8,15,20,22H,9H2,(H,21,23). The van der Waals surface area contributed by atoms with Crippen LogP contribution in [0.1, 0.15) is 22.0 Å². The van der Waals surface area contributed by atoms with Crippen LogP contribution in [0.15, 0.2) is 48.7 Å². The lowest BCUT2D eigenvalue weighted by molar-refractivity contribution is 0.0917. The molecular formula is C17H14ClFN2O2. The molecule has 0 aliphatic carbocycles. The number of rotatable bonds is 4. The number of fused-ring (bicyclic) bond motifs is 1. The van der Waals surface area contributed by atoms with Gasteiger partial charge in [-0.25, -0.2) is 4.39 Å². The Bertz CT molecular complexity index is 863. The first-order chi connectivity index (χ1) is 11.1. The van der Waals surface area contributed by atoms with Gasteiger partial charge in [-0.2, -0.15) is 0 Å². The van der Waals surface area contributed by atoms with E-state index in [-0.39, 0.29) is 17.5 Å². The number of carbonyl (C=O) groups is 1. The molecule has 3 aromatic rings. The molecule has 1 atom stereocenters. The molecule has 0 spiro atoms. The molecule has 2 aromatic carbocycles. The minimum atomic E-state index is -1.02. The summed E-state index contributed by atoms with van der Waals surface area (Å²) in [6.07, 6.45) is 0.737. The summed E-state index contributed by atoms with van der Waals surface area (Å²) in [7, 11) is 0. The van der Waals surface area contributed by atoms with Crippen LogP contribution in [-0.2, 0) is 0 Å². The van der Waals surface area contributed by atoms with E-state index in [0.29, 0.717) is 11.1 Å². The van der Waals surface area contributed by atoms with Gasteiger partial charge in [0.25, 0.3) is 5.91 Å². The quantitative estimate of drug-likeness (QED) is 0.685. The van der Waals surface area contributed by atoms with Crippen molar-refractivity contribution in [2.24, 2.45) is 0 Å². The van der Waals surface area contributed by atoms with Gasteiger partial charge >= 0.3 is 0 Å². The first-order valence-corrected chi connectivity index (χ1v) is 7.41. The average Bonchev–Trinajstić information content (AvgIpc) is 3.03. The fraction of sp³-hybridized carbons (Fsp3) is 0.118. The van der Waals surface area contributed by atoms with Crippen LogP contribution in [0.25, 0.3) is 10.9 Å². The second kappa shape index (κ2) is 6.40. The zero-order chi connectivity index (χ0) is 16.4. The van der Waals surface area contributed by atoms with Gasteiger partial charge in [0.2, 0.25) is 0 Å². The zero-order valence-electron chi connectivity index (χ0n) is 12.0. The number of hydrogen-bond acceptors (Lipinski definition) is 2. The van der Waals surface area contributed by atoms with Gasteiger partial charge in [-0.05, 0) is 29.8 Å². The Morgan fingerprint density at radius 2 is 2.13 bits per heavy atom. The third-order valence-electron chi connectivity index (χ3n) is 3.62. The molecule has 3 rings (SSSR count). The highest BCUT2D eigenvalue weighted by molar-refractivity contribution is 6.30. The summed E-state index contributed by atoms with van der Waals surface area (Å²) < 4.78 is 13.4. The minimum absolute atomic E-state index is 0.0107. The molecule has 1 unspecified atom stereocenters. The van der Waals surface area contributed by atoms with Gasteiger partial charge in [0, 0.05) is 18.1 Å². The summed E-state index contributed by atoms with van der Waals surface area (Å²) in [5, 5.41) is 13.6. The molecule has 6 heteroatoms. The van der Waals surface area contributed by atoms with Crippen molar-refractivity contribution in [3.05, 3.63) is 70.6 Å². The van der Waals surface area contributed by atoms with Crippen molar-refractivity contribution in [2.75, 3.05) is 6.54 Å². The van der Waals surface area contributed by atoms with Crippen LogP contribution in [0.4, 0.5) is 4.39 Å². The Kier molecular flexibility index (Phi) is 4.32. The summed E-state index contributed by atoms with van der Waals surface area (Å²) in [6, 6.07) is 11.3. The highest BCUT2D eigenvalue weighted by Crippen LogP contribution is 2.20. The summed E-state index contributed by atoms with van der Waals surface area (Å²) in [4.78, 5) is 15.3. The number of benzene rings is 2. The number of halogens is 2. The molecular weight excluding hydrogens is 319 g/mol. The molecule has 0 fully saturated rings. The van der Waals surface area contributed by atoms with Gasteiger partial charge in [-0.1, -0.05) is 29.8 Å². The van der Waals surface area contributed by atoms with E-state index in [4.69, 9.17) is 11.6 Å². The largest absolute Gasteiger partial charge is 0.387 e. The Balaban J connectivity index is 1.71. The number of para-hydroxylation sites is 1. The summed E-state index contributed by atoms with van der Waals surface area (Å²) in [5.74, 6) is -0.919. The highest BCUT2D eigenvalue weighted by Gasteiger charge is 2.14. The fourth-order valence-corrected chi connectivity index (χ4v) is 2.51. The van der Waals surface area contributed by atoms with E-state index in [1.165, 1.54) is 12.1 Å². The Labute approximate surface area is 136 Å². The topological polar surface area (TPSA) is 65.1 Å². The normalized spacial score (nSPS) is 12.3.